The van der Waals surface area contributed by atoms with Crippen molar-refractivity contribution in [2.45, 2.75) is 97.3 Å². The molecule has 2 atom stereocenters. The smallest absolute Gasteiger partial charge is 0.358 e. The Bertz CT molecular complexity index is 1340. The van der Waals surface area contributed by atoms with Crippen LogP contribution in [0.15, 0.2) is 47.2 Å². The number of imidazole rings is 1. The Morgan fingerprint density at radius 3 is 2.07 bits per heavy atom. The van der Waals surface area contributed by atoms with E-state index in [4.69, 9.17) is 37.3 Å². The van der Waals surface area contributed by atoms with Crippen LogP contribution in [-0.4, -0.2) is 37.1 Å². The molecule has 1 heterocycles. The monoisotopic (exact) mass is 694 g/mol. The van der Waals surface area contributed by atoms with Crippen LogP contribution >= 0.6 is 39.1 Å². The van der Waals surface area contributed by atoms with Crippen LogP contribution in [0.3, 0.4) is 0 Å². The van der Waals surface area contributed by atoms with E-state index in [1.54, 1.807) is 6.92 Å². The summed E-state index contributed by atoms with van der Waals surface area (Å²) in [6.07, 6.45) is 0.606. The minimum Gasteiger partial charge on any atom is -0.461 e. The number of carbonyl (C=O) groups is 1. The predicted octanol–water partition coefficient (Wildman–Crippen LogP) is 10.6. The van der Waals surface area contributed by atoms with Gasteiger partial charge in [-0.05, 0) is 101 Å². The summed E-state index contributed by atoms with van der Waals surface area (Å²) in [6, 6.07) is 13.6. The number of nitrogens with zero attached hydrogens (tertiary/aromatic N) is 2. The molecular formula is C33H45BrCl2N2O3Si. The van der Waals surface area contributed by atoms with E-state index in [9.17, 15) is 4.79 Å². The first kappa shape index (κ1) is 34.8. The van der Waals surface area contributed by atoms with Gasteiger partial charge in [-0.15, -0.1) is 0 Å². The Morgan fingerprint density at radius 2 is 1.52 bits per heavy atom. The molecule has 42 heavy (non-hydrogen) atoms. The minimum atomic E-state index is -2.13. The summed E-state index contributed by atoms with van der Waals surface area (Å²) in [6.45, 7) is 20.5. The molecular weight excluding hydrogens is 651 g/mol. The highest BCUT2D eigenvalue weighted by molar-refractivity contribution is 9.10. The van der Waals surface area contributed by atoms with E-state index in [1.807, 2.05) is 42.5 Å². The Labute approximate surface area is 271 Å². The maximum absolute atomic E-state index is 13.4. The molecule has 3 rings (SSSR count). The number of aryl methyl sites for hydroxylation is 1. The lowest BCUT2D eigenvalue weighted by atomic mass is 9.86. The van der Waals surface area contributed by atoms with E-state index in [0.717, 1.165) is 22.4 Å². The average Bonchev–Trinajstić information content (AvgIpc) is 3.26. The molecule has 0 bridgehead atoms. The largest absolute Gasteiger partial charge is 0.461 e. The zero-order valence-electron chi connectivity index (χ0n) is 26.3. The van der Waals surface area contributed by atoms with Crippen molar-refractivity contribution in [1.29, 1.82) is 0 Å². The van der Waals surface area contributed by atoms with E-state index in [0.29, 0.717) is 50.1 Å². The molecule has 230 valence electrons. The molecule has 1 aromatic heterocycles. The normalized spacial score (nSPS) is 13.7. The fourth-order valence-corrected chi connectivity index (χ4v) is 13.1. The van der Waals surface area contributed by atoms with Gasteiger partial charge >= 0.3 is 5.97 Å². The summed E-state index contributed by atoms with van der Waals surface area (Å²) in [5, 5.41) is 1.32. The van der Waals surface area contributed by atoms with Crippen LogP contribution in [0, 0.1) is 6.92 Å². The van der Waals surface area contributed by atoms with Crippen molar-refractivity contribution in [2.24, 2.45) is 0 Å². The molecule has 0 spiro atoms. The second-order valence-electron chi connectivity index (χ2n) is 12.1. The van der Waals surface area contributed by atoms with Crippen LogP contribution in [0.4, 0.5) is 0 Å². The molecule has 0 saturated heterocycles. The van der Waals surface area contributed by atoms with Crippen LogP contribution in [0.1, 0.15) is 100 Å². The molecule has 3 aromatic rings. The number of benzene rings is 2. The summed E-state index contributed by atoms with van der Waals surface area (Å²) in [4.78, 5) is 18.2. The molecule has 1 unspecified atom stereocenters. The average molecular weight is 697 g/mol. The first-order chi connectivity index (χ1) is 19.7. The Balaban J connectivity index is 2.22. The zero-order valence-corrected chi connectivity index (χ0v) is 30.4. The molecule has 5 nitrogen and oxygen atoms in total. The van der Waals surface area contributed by atoms with Crippen LogP contribution in [-0.2, 0) is 15.6 Å². The van der Waals surface area contributed by atoms with Gasteiger partial charge in [-0.2, -0.15) is 0 Å². The van der Waals surface area contributed by atoms with Gasteiger partial charge in [0.1, 0.15) is 0 Å². The Kier molecular flexibility index (Phi) is 12.4. The summed E-state index contributed by atoms with van der Waals surface area (Å²) in [5.74, 6) is -0.681. The van der Waals surface area contributed by atoms with Crippen molar-refractivity contribution in [1.82, 2.24) is 9.55 Å². The number of ether oxygens (including phenoxy) is 1. The predicted molar refractivity (Wildman–Crippen MR) is 181 cm³/mol. The second kappa shape index (κ2) is 14.9. The van der Waals surface area contributed by atoms with Crippen molar-refractivity contribution in [3.8, 4) is 0 Å². The van der Waals surface area contributed by atoms with Gasteiger partial charge in [0.15, 0.2) is 18.7 Å². The van der Waals surface area contributed by atoms with Gasteiger partial charge in [-0.3, -0.25) is 0 Å². The first-order valence-corrected chi connectivity index (χ1v) is 18.5. The lowest BCUT2D eigenvalue weighted by molar-refractivity contribution is 0.0517. The lowest BCUT2D eigenvalue weighted by Gasteiger charge is -2.43. The SMILES string of the molecule is CCOC(=O)c1nc(Br)n([C@H](C)CO[Si](C(C)C)(C(C)C)C(C)C)c1C(Cc1cc(Cl)ccc1C)c1ccc(Cl)cc1. The summed E-state index contributed by atoms with van der Waals surface area (Å²) >= 11 is 16.5. The fourth-order valence-electron chi connectivity index (χ4n) is 6.51. The summed E-state index contributed by atoms with van der Waals surface area (Å²) in [5.41, 5.74) is 5.69. The zero-order chi connectivity index (χ0) is 31.4. The highest BCUT2D eigenvalue weighted by atomic mass is 79.9. The highest BCUT2D eigenvalue weighted by Gasteiger charge is 2.45. The molecule has 0 radical (unpaired) electrons. The number of carbonyl (C=O) groups excluding carboxylic acids is 1. The van der Waals surface area contributed by atoms with E-state index < -0.39 is 14.3 Å². The van der Waals surface area contributed by atoms with Crippen molar-refractivity contribution >= 4 is 53.4 Å². The topological polar surface area (TPSA) is 53.3 Å². The third-order valence-corrected chi connectivity index (χ3v) is 15.6. The number of esters is 1. The third kappa shape index (κ3) is 7.52. The lowest BCUT2D eigenvalue weighted by Crippen LogP contribution is -2.48. The number of hydrogen-bond acceptors (Lipinski definition) is 4. The van der Waals surface area contributed by atoms with E-state index >= 15 is 0 Å². The van der Waals surface area contributed by atoms with Gasteiger partial charge in [0.05, 0.1) is 24.9 Å². The summed E-state index contributed by atoms with van der Waals surface area (Å²) < 4.78 is 15.2. The van der Waals surface area contributed by atoms with E-state index in [2.05, 4.69) is 75.9 Å². The maximum Gasteiger partial charge on any atom is 0.358 e. The third-order valence-electron chi connectivity index (χ3n) is 8.43. The fraction of sp³-hybridized carbons (Fsp3) is 0.515. The molecule has 0 aliphatic heterocycles. The molecule has 0 amide bonds. The van der Waals surface area contributed by atoms with E-state index in [1.165, 1.54) is 0 Å². The highest BCUT2D eigenvalue weighted by Crippen LogP contribution is 2.43. The van der Waals surface area contributed by atoms with Gasteiger partial charge in [-0.1, -0.05) is 82.9 Å². The summed E-state index contributed by atoms with van der Waals surface area (Å²) in [7, 11) is -2.13. The van der Waals surface area contributed by atoms with Crippen molar-refractivity contribution in [3.05, 3.63) is 85.3 Å². The van der Waals surface area contributed by atoms with Gasteiger partial charge in [-0.25, -0.2) is 9.78 Å². The van der Waals surface area contributed by atoms with Crippen molar-refractivity contribution in [2.75, 3.05) is 13.2 Å². The van der Waals surface area contributed by atoms with Crippen molar-refractivity contribution < 1.29 is 14.0 Å². The maximum atomic E-state index is 13.4. The van der Waals surface area contributed by atoms with Crippen LogP contribution in [0.5, 0.6) is 0 Å². The quantitative estimate of drug-likeness (QED) is 0.132. The Morgan fingerprint density at radius 1 is 0.952 bits per heavy atom. The molecule has 0 saturated carbocycles. The first-order valence-electron chi connectivity index (χ1n) is 14.8. The van der Waals surface area contributed by atoms with Crippen LogP contribution in [0.25, 0.3) is 0 Å². The molecule has 0 N–H and O–H groups in total. The minimum absolute atomic E-state index is 0.108. The van der Waals surface area contributed by atoms with Gasteiger partial charge in [0.25, 0.3) is 0 Å². The molecule has 0 fully saturated rings. The molecule has 0 aliphatic carbocycles. The van der Waals surface area contributed by atoms with Crippen LogP contribution < -0.4 is 0 Å². The van der Waals surface area contributed by atoms with Crippen molar-refractivity contribution in [3.63, 3.8) is 0 Å². The number of hydrogen-bond donors (Lipinski definition) is 0. The standard InChI is InChI=1S/C33H45BrCl2N2O3Si/c1-10-40-32(39)30-31(29(25-12-15-27(35)16-13-25)18-26-17-28(36)14-11-23(26)8)38(33(34)37-30)24(9)19-41-42(20(2)3,21(4)5)22(6)7/h11-17,20-22,24,29H,10,18-19H2,1-9H3/t24-,29?/m1/s1. The number of aromatic nitrogens is 2. The molecule has 9 heteroatoms. The molecule has 0 aliphatic rings. The number of halogens is 3. The van der Waals surface area contributed by atoms with E-state index in [-0.39, 0.29) is 18.6 Å². The number of rotatable bonds is 13. The Hall–Kier alpha value is -1.64. The van der Waals surface area contributed by atoms with Gasteiger partial charge in [0, 0.05) is 16.0 Å². The second-order valence-corrected chi connectivity index (χ2v) is 19.1. The van der Waals surface area contributed by atoms with Gasteiger partial charge in [0.2, 0.25) is 0 Å². The molecule has 2 aromatic carbocycles. The van der Waals surface area contributed by atoms with Crippen LogP contribution in [0.2, 0.25) is 26.7 Å². The van der Waals surface area contributed by atoms with Gasteiger partial charge < -0.3 is 13.7 Å².